The molecular weight excluding hydrogens is 452 g/mol. The number of nitrogens with zero attached hydrogens (tertiary/aromatic N) is 2. The van der Waals surface area contributed by atoms with Crippen LogP contribution in [0.1, 0.15) is 67.2 Å². The van der Waals surface area contributed by atoms with Crippen molar-refractivity contribution in [2.45, 2.75) is 85.5 Å². The lowest BCUT2D eigenvalue weighted by Gasteiger charge is -2.33. The summed E-state index contributed by atoms with van der Waals surface area (Å²) in [6.07, 6.45) is 1.68. The number of unbranched alkanes of at least 4 members (excludes halogenated alkanes) is 1. The number of amides is 2. The van der Waals surface area contributed by atoms with Crippen molar-refractivity contribution in [1.82, 2.24) is 15.1 Å². The van der Waals surface area contributed by atoms with Gasteiger partial charge >= 0.3 is 0 Å². The number of carbonyl (C=O) groups is 4. The van der Waals surface area contributed by atoms with Gasteiger partial charge in [-0.25, -0.2) is 5.90 Å². The second kappa shape index (κ2) is 17.5. The molecule has 4 atom stereocenters. The molecule has 0 saturated carbocycles. The summed E-state index contributed by atoms with van der Waals surface area (Å²) in [5.74, 6) is 3.78. The van der Waals surface area contributed by atoms with Gasteiger partial charge in [-0.2, -0.15) is 0 Å². The number of likely N-dealkylation sites (N-methyl/N-ethyl adjacent to an activating group) is 1. The maximum atomic E-state index is 13.1. The molecule has 3 N–H and O–H groups in total. The van der Waals surface area contributed by atoms with E-state index in [4.69, 9.17) is 10.6 Å². The fourth-order valence-corrected chi connectivity index (χ4v) is 4.15. The van der Waals surface area contributed by atoms with Gasteiger partial charge in [0.15, 0.2) is 5.78 Å². The number of hydrogen-bond donors (Lipinski definition) is 2. The highest BCUT2D eigenvalue weighted by atomic mass is 16.6. The summed E-state index contributed by atoms with van der Waals surface area (Å²) in [4.78, 5) is 58.6. The van der Waals surface area contributed by atoms with Gasteiger partial charge in [0.2, 0.25) is 11.8 Å². The normalized spacial score (nSPS) is 15.1. The van der Waals surface area contributed by atoms with Gasteiger partial charge in [0, 0.05) is 33.0 Å². The quantitative estimate of drug-likeness (QED) is 0.156. The third kappa shape index (κ3) is 11.2. The van der Waals surface area contributed by atoms with E-state index in [1.165, 1.54) is 7.11 Å². The summed E-state index contributed by atoms with van der Waals surface area (Å²) in [5.41, 5.74) is 0. The molecule has 0 bridgehead atoms. The minimum atomic E-state index is -0.716. The molecule has 204 valence electrons. The van der Waals surface area contributed by atoms with Gasteiger partial charge in [0.1, 0.15) is 12.5 Å². The second-order valence-corrected chi connectivity index (χ2v) is 9.80. The maximum absolute atomic E-state index is 13.1. The van der Waals surface area contributed by atoms with Crippen molar-refractivity contribution in [2.24, 2.45) is 23.7 Å². The molecule has 0 aliphatic rings. The lowest BCUT2D eigenvalue weighted by molar-refractivity contribution is -0.151. The highest BCUT2D eigenvalue weighted by Gasteiger charge is 2.33. The Kier molecular flexibility index (Phi) is 16.6. The van der Waals surface area contributed by atoms with E-state index in [1.54, 1.807) is 11.8 Å². The van der Waals surface area contributed by atoms with Gasteiger partial charge in [-0.1, -0.05) is 48.0 Å². The molecule has 35 heavy (non-hydrogen) atoms. The Balaban J connectivity index is 5.39. The van der Waals surface area contributed by atoms with E-state index in [9.17, 15) is 19.2 Å². The molecule has 0 saturated heterocycles. The number of carbonyl (C=O) groups excluding carboxylic acids is 4. The average Bonchev–Trinajstić information content (AvgIpc) is 2.81. The van der Waals surface area contributed by atoms with Crippen LogP contribution in [0.3, 0.4) is 0 Å². The Morgan fingerprint density at radius 3 is 2.11 bits per heavy atom. The first-order valence-electron chi connectivity index (χ1n) is 12.6. The van der Waals surface area contributed by atoms with E-state index in [0.29, 0.717) is 13.1 Å². The first kappa shape index (κ1) is 33.1. The topological polar surface area (TPSA) is 131 Å². The van der Waals surface area contributed by atoms with Crippen LogP contribution in [0.25, 0.3) is 0 Å². The van der Waals surface area contributed by atoms with Gasteiger partial charge < -0.3 is 24.6 Å². The summed E-state index contributed by atoms with van der Waals surface area (Å²) < 4.78 is 5.44. The predicted molar refractivity (Wildman–Crippen MR) is 135 cm³/mol. The van der Waals surface area contributed by atoms with Crippen LogP contribution in [0.5, 0.6) is 0 Å². The van der Waals surface area contributed by atoms with Crippen molar-refractivity contribution >= 4 is 23.9 Å². The minimum absolute atomic E-state index is 0.000164. The Morgan fingerprint density at radius 2 is 1.66 bits per heavy atom. The Morgan fingerprint density at radius 1 is 1.03 bits per heavy atom. The SMILES string of the molecule is CCCCN(C(=O)CCC(=O)[C@@H](NC(=O)C(C(C)C)N(C)CCON)C(C)C)C(OC)C(C)C=O. The van der Waals surface area contributed by atoms with Gasteiger partial charge in [-0.05, 0) is 25.3 Å². The zero-order valence-corrected chi connectivity index (χ0v) is 22.9. The molecule has 0 radical (unpaired) electrons. The number of ketones is 1. The fraction of sp³-hybridized carbons (Fsp3) is 0.840. The van der Waals surface area contributed by atoms with Crippen molar-refractivity contribution in [3.63, 3.8) is 0 Å². The van der Waals surface area contributed by atoms with Crippen LogP contribution in [-0.4, -0.2) is 85.8 Å². The zero-order chi connectivity index (χ0) is 27.1. The number of rotatable bonds is 19. The van der Waals surface area contributed by atoms with E-state index >= 15 is 0 Å². The van der Waals surface area contributed by atoms with Crippen LogP contribution >= 0.6 is 0 Å². The molecule has 10 heteroatoms. The summed E-state index contributed by atoms with van der Waals surface area (Å²) in [7, 11) is 3.28. The van der Waals surface area contributed by atoms with E-state index in [1.807, 2.05) is 46.6 Å². The predicted octanol–water partition coefficient (Wildman–Crippen LogP) is 1.76. The lowest BCUT2D eigenvalue weighted by atomic mass is 9.94. The number of hydrogen-bond acceptors (Lipinski definition) is 8. The molecule has 3 unspecified atom stereocenters. The second-order valence-electron chi connectivity index (χ2n) is 9.80. The minimum Gasteiger partial charge on any atom is -0.361 e. The number of Topliss-reactive ketones (excluding diaryl/α,β-unsaturated/α-hetero) is 1. The van der Waals surface area contributed by atoms with Crippen molar-refractivity contribution in [1.29, 1.82) is 0 Å². The Hall–Kier alpha value is -1.88. The molecule has 0 aliphatic heterocycles. The first-order valence-corrected chi connectivity index (χ1v) is 12.6. The highest BCUT2D eigenvalue weighted by Crippen LogP contribution is 2.17. The van der Waals surface area contributed by atoms with Crippen molar-refractivity contribution in [2.75, 3.05) is 33.9 Å². The summed E-state index contributed by atoms with van der Waals surface area (Å²) in [6, 6.07) is -1.18. The molecule has 0 aromatic rings. The smallest absolute Gasteiger partial charge is 0.238 e. The van der Waals surface area contributed by atoms with Crippen LogP contribution < -0.4 is 11.2 Å². The molecule has 0 spiro atoms. The average molecular weight is 501 g/mol. The molecule has 2 amide bonds. The fourth-order valence-electron chi connectivity index (χ4n) is 4.15. The molecule has 0 fully saturated rings. The zero-order valence-electron chi connectivity index (χ0n) is 22.9. The van der Waals surface area contributed by atoms with Crippen LogP contribution in [0, 0.1) is 17.8 Å². The number of methoxy groups -OCH3 is 1. The number of nitrogens with two attached hydrogens (primary N) is 1. The van der Waals surface area contributed by atoms with E-state index in [-0.39, 0.29) is 48.9 Å². The standard InChI is InChI=1S/C25H48N4O6/c1-9-10-13-29(25(34-8)19(6)16-30)21(32)12-11-20(31)22(17(2)3)27-24(33)23(18(4)5)28(7)14-15-35-26/h16-19,22-23,25H,9-15,26H2,1-8H3,(H,27,33)/t19?,22-,23?,25?/m0/s1. The van der Waals surface area contributed by atoms with E-state index < -0.39 is 24.2 Å². The van der Waals surface area contributed by atoms with Crippen molar-refractivity contribution < 1.29 is 28.8 Å². The van der Waals surface area contributed by atoms with Crippen molar-refractivity contribution in [3.05, 3.63) is 0 Å². The molecule has 0 heterocycles. The summed E-state index contributed by atoms with van der Waals surface area (Å²) >= 11 is 0. The molecule has 0 aliphatic carbocycles. The van der Waals surface area contributed by atoms with Crippen LogP contribution in [-0.2, 0) is 28.8 Å². The molecule has 0 rings (SSSR count). The molecule has 10 nitrogen and oxygen atoms in total. The summed E-state index contributed by atoms with van der Waals surface area (Å²) in [5, 5.41) is 2.91. The largest absolute Gasteiger partial charge is 0.361 e. The lowest BCUT2D eigenvalue weighted by Crippen LogP contribution is -2.54. The molecule has 0 aromatic carbocycles. The number of ether oxygens (including phenoxy) is 1. The van der Waals surface area contributed by atoms with Crippen molar-refractivity contribution in [3.8, 4) is 0 Å². The third-order valence-corrected chi connectivity index (χ3v) is 6.12. The Bertz CT molecular complexity index is 658. The van der Waals surface area contributed by atoms with Gasteiger partial charge in [-0.15, -0.1) is 0 Å². The first-order chi connectivity index (χ1) is 16.5. The van der Waals surface area contributed by atoms with E-state index in [2.05, 4.69) is 10.2 Å². The van der Waals surface area contributed by atoms with Gasteiger partial charge in [0.25, 0.3) is 0 Å². The summed E-state index contributed by atoms with van der Waals surface area (Å²) in [6.45, 7) is 12.5. The molecule has 0 aromatic heterocycles. The Labute approximate surface area is 211 Å². The van der Waals surface area contributed by atoms with Gasteiger partial charge in [0.05, 0.1) is 24.6 Å². The number of aldehydes is 1. The van der Waals surface area contributed by atoms with Crippen LogP contribution in [0.15, 0.2) is 0 Å². The van der Waals surface area contributed by atoms with Crippen LogP contribution in [0.4, 0.5) is 0 Å². The third-order valence-electron chi connectivity index (χ3n) is 6.12. The van der Waals surface area contributed by atoms with Gasteiger partial charge in [-0.3, -0.25) is 19.3 Å². The van der Waals surface area contributed by atoms with Crippen LogP contribution in [0.2, 0.25) is 0 Å². The molecular formula is C25H48N4O6. The van der Waals surface area contributed by atoms with E-state index in [0.717, 1.165) is 19.1 Å². The maximum Gasteiger partial charge on any atom is 0.238 e. The highest BCUT2D eigenvalue weighted by molar-refractivity contribution is 5.93. The monoisotopic (exact) mass is 500 g/mol. The number of nitrogens with one attached hydrogen (secondary N) is 1.